The van der Waals surface area contributed by atoms with Crippen LogP contribution in [-0.2, 0) is 4.74 Å². The van der Waals surface area contributed by atoms with Crippen LogP contribution in [0.4, 0.5) is 4.39 Å². The summed E-state index contributed by atoms with van der Waals surface area (Å²) in [5.41, 5.74) is 0.0943. The Balaban J connectivity index is 2.21. The zero-order valence-corrected chi connectivity index (χ0v) is 13.6. The van der Waals surface area contributed by atoms with Crippen molar-refractivity contribution in [2.75, 3.05) is 18.4 Å². The fourth-order valence-corrected chi connectivity index (χ4v) is 2.85. The normalized spacial score (nSPS) is 23.5. The molecule has 0 spiro atoms. The molecule has 0 bridgehead atoms. The molecule has 1 amide bonds. The van der Waals surface area contributed by atoms with Gasteiger partial charge in [-0.1, -0.05) is 31.9 Å². The van der Waals surface area contributed by atoms with E-state index in [2.05, 4.69) is 31.9 Å². The Morgan fingerprint density at radius 2 is 2.26 bits per heavy atom. The van der Waals surface area contributed by atoms with Crippen LogP contribution in [0, 0.1) is 5.82 Å². The summed E-state index contributed by atoms with van der Waals surface area (Å²) in [6.45, 7) is 2.86. The number of ether oxygens (including phenoxy) is 1. The van der Waals surface area contributed by atoms with Crippen LogP contribution in [0.3, 0.4) is 0 Å². The first kappa shape index (κ1) is 14.9. The van der Waals surface area contributed by atoms with Crippen molar-refractivity contribution >= 4 is 37.8 Å². The van der Waals surface area contributed by atoms with E-state index in [1.165, 1.54) is 12.1 Å². The number of alkyl halides is 1. The molecule has 1 fully saturated rings. The number of amides is 1. The van der Waals surface area contributed by atoms with Gasteiger partial charge in [0.1, 0.15) is 5.82 Å². The van der Waals surface area contributed by atoms with Crippen molar-refractivity contribution in [3.8, 4) is 0 Å². The van der Waals surface area contributed by atoms with Gasteiger partial charge in [-0.05, 0) is 25.1 Å². The maximum absolute atomic E-state index is 13.7. The molecule has 2 rings (SSSR count). The van der Waals surface area contributed by atoms with E-state index in [-0.39, 0.29) is 23.7 Å². The number of rotatable bonds is 2. The lowest BCUT2D eigenvalue weighted by Crippen LogP contribution is -2.49. The third-order valence-electron chi connectivity index (χ3n) is 2.94. The standard InChI is InChI=1S/C13H14Br2FNO2/c1-8-6-17(7-10(5-14)19-8)13(18)11-4-9(15)2-3-12(11)16/h2-4,8,10H,5-7H2,1H3. The second kappa shape index (κ2) is 6.33. The first-order valence-corrected chi connectivity index (χ1v) is 7.88. The van der Waals surface area contributed by atoms with Crippen LogP contribution < -0.4 is 0 Å². The predicted molar refractivity (Wildman–Crippen MR) is 78.1 cm³/mol. The van der Waals surface area contributed by atoms with Crippen molar-refractivity contribution in [3.63, 3.8) is 0 Å². The summed E-state index contributed by atoms with van der Waals surface area (Å²) in [6.07, 6.45) is -0.0987. The van der Waals surface area contributed by atoms with Crippen molar-refractivity contribution in [1.29, 1.82) is 0 Å². The van der Waals surface area contributed by atoms with Gasteiger partial charge in [-0.2, -0.15) is 0 Å². The highest BCUT2D eigenvalue weighted by Crippen LogP contribution is 2.20. The van der Waals surface area contributed by atoms with Crippen LogP contribution in [0.15, 0.2) is 22.7 Å². The van der Waals surface area contributed by atoms with Gasteiger partial charge in [0.05, 0.1) is 17.8 Å². The number of hydrogen-bond acceptors (Lipinski definition) is 2. The highest BCUT2D eigenvalue weighted by atomic mass is 79.9. The number of halogens is 3. The zero-order chi connectivity index (χ0) is 14.0. The van der Waals surface area contributed by atoms with E-state index in [9.17, 15) is 9.18 Å². The molecule has 2 atom stereocenters. The third kappa shape index (κ3) is 3.55. The lowest BCUT2D eigenvalue weighted by atomic mass is 10.1. The van der Waals surface area contributed by atoms with Crippen molar-refractivity contribution in [3.05, 3.63) is 34.1 Å². The Labute approximate surface area is 128 Å². The summed E-state index contributed by atoms with van der Waals surface area (Å²) in [7, 11) is 0. The van der Waals surface area contributed by atoms with Crippen molar-refractivity contribution in [1.82, 2.24) is 4.90 Å². The minimum absolute atomic E-state index is 0.0459. The molecule has 1 aliphatic heterocycles. The smallest absolute Gasteiger partial charge is 0.257 e. The van der Waals surface area contributed by atoms with Crippen molar-refractivity contribution < 1.29 is 13.9 Å². The maximum atomic E-state index is 13.7. The molecule has 0 saturated carbocycles. The average molecular weight is 395 g/mol. The second-order valence-electron chi connectivity index (χ2n) is 4.56. The predicted octanol–water partition coefficient (Wildman–Crippen LogP) is 3.21. The van der Waals surface area contributed by atoms with Gasteiger partial charge >= 0.3 is 0 Å². The number of carbonyl (C=O) groups excluding carboxylic acids is 1. The summed E-state index contributed by atoms with van der Waals surface area (Å²) in [4.78, 5) is 14.0. The summed E-state index contributed by atoms with van der Waals surface area (Å²) in [5, 5.41) is 0.655. The van der Waals surface area contributed by atoms with Crippen LogP contribution in [0.1, 0.15) is 17.3 Å². The van der Waals surface area contributed by atoms with E-state index in [0.29, 0.717) is 22.9 Å². The first-order valence-electron chi connectivity index (χ1n) is 5.97. The zero-order valence-electron chi connectivity index (χ0n) is 10.4. The van der Waals surface area contributed by atoms with Gasteiger partial charge in [-0.15, -0.1) is 0 Å². The molecule has 1 saturated heterocycles. The van der Waals surface area contributed by atoms with Gasteiger partial charge in [0.25, 0.3) is 5.91 Å². The molecule has 0 radical (unpaired) electrons. The molecule has 2 unspecified atom stereocenters. The fourth-order valence-electron chi connectivity index (χ4n) is 2.13. The molecule has 1 heterocycles. The van der Waals surface area contributed by atoms with E-state index >= 15 is 0 Å². The molecule has 6 heteroatoms. The minimum atomic E-state index is -0.497. The second-order valence-corrected chi connectivity index (χ2v) is 6.12. The number of nitrogens with zero attached hydrogens (tertiary/aromatic N) is 1. The Bertz CT molecular complexity index is 484. The van der Waals surface area contributed by atoms with Crippen LogP contribution in [0.25, 0.3) is 0 Å². The molecule has 19 heavy (non-hydrogen) atoms. The van der Waals surface area contributed by atoms with Crippen LogP contribution >= 0.6 is 31.9 Å². The summed E-state index contributed by atoms with van der Waals surface area (Å²) in [6, 6.07) is 4.39. The van der Waals surface area contributed by atoms with E-state index in [1.807, 2.05) is 6.92 Å². The fraction of sp³-hybridized carbons (Fsp3) is 0.462. The number of hydrogen-bond donors (Lipinski definition) is 0. The maximum Gasteiger partial charge on any atom is 0.257 e. The molecule has 1 aromatic carbocycles. The highest BCUT2D eigenvalue weighted by Gasteiger charge is 2.29. The van der Waals surface area contributed by atoms with E-state index in [1.54, 1.807) is 11.0 Å². The average Bonchev–Trinajstić information content (AvgIpc) is 2.40. The van der Waals surface area contributed by atoms with Crippen LogP contribution in [0.2, 0.25) is 0 Å². The SMILES string of the molecule is CC1CN(C(=O)c2cc(Br)ccc2F)CC(CBr)O1. The number of morpholine rings is 1. The largest absolute Gasteiger partial charge is 0.371 e. The minimum Gasteiger partial charge on any atom is -0.371 e. The Kier molecular flexibility index (Phi) is 4.97. The summed E-state index contributed by atoms with van der Waals surface area (Å²) >= 11 is 6.61. The monoisotopic (exact) mass is 393 g/mol. The molecule has 3 nitrogen and oxygen atoms in total. The molecular weight excluding hydrogens is 381 g/mol. The van der Waals surface area contributed by atoms with E-state index < -0.39 is 5.82 Å². The van der Waals surface area contributed by atoms with Gasteiger partial charge in [-0.3, -0.25) is 4.79 Å². The molecular formula is C13H14Br2FNO2. The van der Waals surface area contributed by atoms with Gasteiger partial charge in [0.2, 0.25) is 0 Å². The number of benzene rings is 1. The molecule has 0 aliphatic carbocycles. The van der Waals surface area contributed by atoms with Crippen molar-refractivity contribution in [2.24, 2.45) is 0 Å². The molecule has 104 valence electrons. The first-order chi connectivity index (χ1) is 9.01. The highest BCUT2D eigenvalue weighted by molar-refractivity contribution is 9.10. The molecule has 1 aliphatic rings. The quantitative estimate of drug-likeness (QED) is 0.721. The Morgan fingerprint density at radius 1 is 1.53 bits per heavy atom. The van der Waals surface area contributed by atoms with E-state index in [0.717, 1.165) is 0 Å². The summed E-state index contributed by atoms with van der Waals surface area (Å²) in [5.74, 6) is -0.789. The van der Waals surface area contributed by atoms with Gasteiger partial charge in [0, 0.05) is 22.9 Å². The van der Waals surface area contributed by atoms with Gasteiger partial charge in [0.15, 0.2) is 0 Å². The van der Waals surface area contributed by atoms with Crippen LogP contribution in [0.5, 0.6) is 0 Å². The summed E-state index contributed by atoms with van der Waals surface area (Å²) < 4.78 is 20.1. The van der Waals surface area contributed by atoms with Gasteiger partial charge < -0.3 is 9.64 Å². The van der Waals surface area contributed by atoms with Gasteiger partial charge in [-0.25, -0.2) is 4.39 Å². The molecule has 0 N–H and O–H groups in total. The molecule has 0 aromatic heterocycles. The lowest BCUT2D eigenvalue weighted by molar-refractivity contribution is -0.0560. The van der Waals surface area contributed by atoms with E-state index in [4.69, 9.17) is 4.74 Å². The lowest BCUT2D eigenvalue weighted by Gasteiger charge is -2.36. The third-order valence-corrected chi connectivity index (χ3v) is 4.16. The molecule has 1 aromatic rings. The van der Waals surface area contributed by atoms with Crippen molar-refractivity contribution in [2.45, 2.75) is 19.1 Å². The topological polar surface area (TPSA) is 29.5 Å². The Morgan fingerprint density at radius 3 is 2.95 bits per heavy atom. The number of carbonyl (C=O) groups is 1. The van der Waals surface area contributed by atoms with Crippen LogP contribution in [-0.4, -0.2) is 41.4 Å². The Hall–Kier alpha value is -0.460.